The molecule has 1 aliphatic rings. The Labute approximate surface area is 89.7 Å². The van der Waals surface area contributed by atoms with Gasteiger partial charge in [0.15, 0.2) is 0 Å². The van der Waals surface area contributed by atoms with Gasteiger partial charge in [0, 0.05) is 6.04 Å². The zero-order valence-corrected chi connectivity index (χ0v) is 10.2. The fourth-order valence-electron chi connectivity index (χ4n) is 2.45. The molecule has 0 aromatic carbocycles. The lowest BCUT2D eigenvalue weighted by Gasteiger charge is -2.13. The Hall–Kier alpha value is -0.0400. The van der Waals surface area contributed by atoms with Gasteiger partial charge in [0.05, 0.1) is 0 Å². The molecule has 2 unspecified atom stereocenters. The molecule has 14 heavy (non-hydrogen) atoms. The Bertz CT molecular complexity index is 142. The molecule has 1 saturated carbocycles. The topological polar surface area (TPSA) is 12.0 Å². The minimum absolute atomic E-state index is 0.840. The van der Waals surface area contributed by atoms with Crippen LogP contribution in [0, 0.1) is 11.8 Å². The van der Waals surface area contributed by atoms with Crippen molar-refractivity contribution in [1.82, 2.24) is 5.32 Å². The normalized spacial score (nSPS) is 27.4. The molecule has 0 aliphatic heterocycles. The molecule has 0 radical (unpaired) electrons. The molecule has 0 bridgehead atoms. The van der Waals surface area contributed by atoms with Crippen molar-refractivity contribution < 1.29 is 0 Å². The third kappa shape index (κ3) is 4.45. The average Bonchev–Trinajstić information content (AvgIpc) is 2.60. The van der Waals surface area contributed by atoms with Crippen LogP contribution in [0.2, 0.25) is 0 Å². The maximum atomic E-state index is 3.70. The molecular formula is C13H27N. The second kappa shape index (κ2) is 6.44. The van der Waals surface area contributed by atoms with Crippen molar-refractivity contribution in [2.75, 3.05) is 6.54 Å². The van der Waals surface area contributed by atoms with Crippen LogP contribution in [0.5, 0.6) is 0 Å². The van der Waals surface area contributed by atoms with Crippen molar-refractivity contribution in [1.29, 1.82) is 0 Å². The van der Waals surface area contributed by atoms with E-state index >= 15 is 0 Å². The summed E-state index contributed by atoms with van der Waals surface area (Å²) in [6.45, 7) is 8.18. The summed E-state index contributed by atoms with van der Waals surface area (Å²) in [4.78, 5) is 0. The molecule has 1 fully saturated rings. The maximum Gasteiger partial charge on any atom is 0.00698 e. The Morgan fingerprint density at radius 1 is 1.29 bits per heavy atom. The third-order valence-corrected chi connectivity index (χ3v) is 3.51. The van der Waals surface area contributed by atoms with Crippen molar-refractivity contribution in [2.24, 2.45) is 11.8 Å². The molecule has 1 nitrogen and oxygen atoms in total. The first-order valence-corrected chi connectivity index (χ1v) is 6.45. The smallest absolute Gasteiger partial charge is 0.00698 e. The van der Waals surface area contributed by atoms with Gasteiger partial charge in [-0.05, 0) is 50.5 Å². The highest BCUT2D eigenvalue weighted by Crippen LogP contribution is 2.27. The molecule has 0 heterocycles. The van der Waals surface area contributed by atoms with E-state index in [2.05, 4.69) is 26.1 Å². The lowest BCUT2D eigenvalue weighted by molar-refractivity contribution is 0.455. The molecule has 0 spiro atoms. The predicted octanol–water partition coefficient (Wildman–Crippen LogP) is 3.59. The fraction of sp³-hybridized carbons (Fsp3) is 1.00. The lowest BCUT2D eigenvalue weighted by Crippen LogP contribution is -2.27. The van der Waals surface area contributed by atoms with Crippen molar-refractivity contribution >= 4 is 0 Å². The van der Waals surface area contributed by atoms with E-state index in [9.17, 15) is 0 Å². The van der Waals surface area contributed by atoms with Crippen molar-refractivity contribution in [3.05, 3.63) is 0 Å². The van der Waals surface area contributed by atoms with E-state index in [1.807, 2.05) is 0 Å². The summed E-state index contributed by atoms with van der Waals surface area (Å²) in [6.07, 6.45) is 8.41. The Kier molecular flexibility index (Phi) is 5.54. The summed E-state index contributed by atoms with van der Waals surface area (Å²) in [6, 6.07) is 0.840. The first kappa shape index (κ1) is 12.0. The predicted molar refractivity (Wildman–Crippen MR) is 63.5 cm³/mol. The molecule has 84 valence electrons. The van der Waals surface area contributed by atoms with Gasteiger partial charge in [-0.2, -0.15) is 0 Å². The number of hydrogen-bond donors (Lipinski definition) is 1. The van der Waals surface area contributed by atoms with Crippen LogP contribution in [0.25, 0.3) is 0 Å². The molecule has 0 saturated heterocycles. The minimum Gasteiger partial charge on any atom is -0.314 e. The summed E-state index contributed by atoms with van der Waals surface area (Å²) in [5.74, 6) is 1.88. The first-order chi connectivity index (χ1) is 6.72. The largest absolute Gasteiger partial charge is 0.314 e. The molecule has 1 rings (SSSR count). The van der Waals surface area contributed by atoms with Crippen LogP contribution in [0.15, 0.2) is 0 Å². The Morgan fingerprint density at radius 2 is 2.07 bits per heavy atom. The monoisotopic (exact) mass is 197 g/mol. The van der Waals surface area contributed by atoms with E-state index in [1.165, 1.54) is 45.1 Å². The zero-order chi connectivity index (χ0) is 10.4. The van der Waals surface area contributed by atoms with E-state index in [-0.39, 0.29) is 0 Å². The van der Waals surface area contributed by atoms with Crippen LogP contribution >= 0.6 is 0 Å². The lowest BCUT2D eigenvalue weighted by atomic mass is 10.1. The molecule has 0 aromatic rings. The van der Waals surface area contributed by atoms with Gasteiger partial charge in [-0.15, -0.1) is 0 Å². The molecule has 1 N–H and O–H groups in total. The van der Waals surface area contributed by atoms with Crippen molar-refractivity contribution in [2.45, 2.75) is 65.3 Å². The highest BCUT2D eigenvalue weighted by molar-refractivity contribution is 4.79. The van der Waals surface area contributed by atoms with Crippen LogP contribution in [0.4, 0.5) is 0 Å². The van der Waals surface area contributed by atoms with E-state index in [4.69, 9.17) is 0 Å². The number of rotatable bonds is 6. The van der Waals surface area contributed by atoms with Gasteiger partial charge in [-0.3, -0.25) is 0 Å². The van der Waals surface area contributed by atoms with Gasteiger partial charge in [0.1, 0.15) is 0 Å². The average molecular weight is 197 g/mol. The van der Waals surface area contributed by atoms with Crippen LogP contribution in [0.3, 0.4) is 0 Å². The summed E-state index contributed by atoms with van der Waals surface area (Å²) in [7, 11) is 0. The van der Waals surface area contributed by atoms with Gasteiger partial charge >= 0.3 is 0 Å². The Balaban J connectivity index is 1.97. The van der Waals surface area contributed by atoms with E-state index in [0.29, 0.717) is 0 Å². The molecule has 0 aromatic heterocycles. The van der Waals surface area contributed by atoms with Gasteiger partial charge in [0.25, 0.3) is 0 Å². The zero-order valence-electron chi connectivity index (χ0n) is 10.2. The number of hydrogen-bond acceptors (Lipinski definition) is 1. The minimum atomic E-state index is 0.840. The summed E-state index contributed by atoms with van der Waals surface area (Å²) < 4.78 is 0. The second-order valence-corrected chi connectivity index (χ2v) is 5.27. The van der Waals surface area contributed by atoms with E-state index in [1.54, 1.807) is 0 Å². The first-order valence-electron chi connectivity index (χ1n) is 6.45. The third-order valence-electron chi connectivity index (χ3n) is 3.51. The van der Waals surface area contributed by atoms with E-state index < -0.39 is 0 Å². The number of nitrogens with one attached hydrogen (secondary N) is 1. The fourth-order valence-corrected chi connectivity index (χ4v) is 2.45. The van der Waals surface area contributed by atoms with Gasteiger partial charge in [-0.25, -0.2) is 0 Å². The summed E-state index contributed by atoms with van der Waals surface area (Å²) >= 11 is 0. The maximum absolute atomic E-state index is 3.70. The molecular weight excluding hydrogens is 170 g/mol. The van der Waals surface area contributed by atoms with Crippen molar-refractivity contribution in [3.8, 4) is 0 Å². The van der Waals surface area contributed by atoms with Gasteiger partial charge < -0.3 is 5.32 Å². The molecule has 2 atom stereocenters. The summed E-state index contributed by atoms with van der Waals surface area (Å²) in [5, 5.41) is 3.70. The van der Waals surface area contributed by atoms with Crippen LogP contribution in [0.1, 0.15) is 59.3 Å². The molecule has 1 heteroatoms. The molecule has 0 amide bonds. The quantitative estimate of drug-likeness (QED) is 0.642. The van der Waals surface area contributed by atoms with Crippen LogP contribution < -0.4 is 5.32 Å². The van der Waals surface area contributed by atoms with Gasteiger partial charge in [-0.1, -0.05) is 27.2 Å². The van der Waals surface area contributed by atoms with Gasteiger partial charge in [0.2, 0.25) is 0 Å². The summed E-state index contributed by atoms with van der Waals surface area (Å²) in [5.41, 5.74) is 0. The SMILES string of the molecule is CCC1CCC(NCCCC(C)C)C1. The van der Waals surface area contributed by atoms with Crippen molar-refractivity contribution in [3.63, 3.8) is 0 Å². The van der Waals surface area contributed by atoms with Crippen LogP contribution in [-0.4, -0.2) is 12.6 Å². The highest BCUT2D eigenvalue weighted by Gasteiger charge is 2.22. The Morgan fingerprint density at radius 3 is 2.64 bits per heavy atom. The standard InChI is InChI=1S/C13H27N/c1-4-12-7-8-13(10-12)14-9-5-6-11(2)3/h11-14H,4-10H2,1-3H3. The van der Waals surface area contributed by atoms with Crippen LogP contribution in [-0.2, 0) is 0 Å². The molecule has 1 aliphatic carbocycles. The second-order valence-electron chi connectivity index (χ2n) is 5.27. The van der Waals surface area contributed by atoms with E-state index in [0.717, 1.165) is 17.9 Å². The highest BCUT2D eigenvalue weighted by atomic mass is 14.9.